The second kappa shape index (κ2) is 3.66. The van der Waals surface area contributed by atoms with Crippen LogP contribution in [0, 0.1) is 11.8 Å². The quantitative estimate of drug-likeness (QED) is 0.701. The highest BCUT2D eigenvalue weighted by atomic mass is 16.4. The normalized spacial score (nSPS) is 24.5. The average molecular weight is 186 g/mol. The summed E-state index contributed by atoms with van der Waals surface area (Å²) in [4.78, 5) is 10.7. The number of aliphatic carboxylic acids is 1. The van der Waals surface area contributed by atoms with E-state index in [9.17, 15) is 9.90 Å². The van der Waals surface area contributed by atoms with Crippen molar-refractivity contribution >= 4 is 5.97 Å². The van der Waals surface area contributed by atoms with Gasteiger partial charge in [0.15, 0.2) is 0 Å². The van der Waals surface area contributed by atoms with Crippen LogP contribution in [0.3, 0.4) is 0 Å². The molecule has 76 valence electrons. The molecule has 0 saturated heterocycles. The van der Waals surface area contributed by atoms with E-state index in [1.54, 1.807) is 13.8 Å². The predicted molar refractivity (Wildman–Crippen MR) is 49.4 cm³/mol. The van der Waals surface area contributed by atoms with E-state index in [1.165, 1.54) is 6.42 Å². The molecular weight excluding hydrogens is 168 g/mol. The van der Waals surface area contributed by atoms with Crippen LogP contribution >= 0.6 is 0 Å². The molecule has 0 heterocycles. The van der Waals surface area contributed by atoms with E-state index in [-0.39, 0.29) is 0 Å². The van der Waals surface area contributed by atoms with Crippen molar-refractivity contribution in [3.05, 3.63) is 0 Å². The van der Waals surface area contributed by atoms with Crippen molar-refractivity contribution in [3.63, 3.8) is 0 Å². The Hall–Kier alpha value is -0.570. The van der Waals surface area contributed by atoms with Crippen LogP contribution < -0.4 is 0 Å². The van der Waals surface area contributed by atoms with Gasteiger partial charge in [0, 0.05) is 0 Å². The molecule has 0 aromatic heterocycles. The maximum absolute atomic E-state index is 10.7. The highest BCUT2D eigenvalue weighted by molar-refractivity contribution is 5.70. The smallest absolute Gasteiger partial charge is 0.309 e. The first-order valence-corrected chi connectivity index (χ1v) is 4.88. The Morgan fingerprint density at radius 1 is 1.62 bits per heavy atom. The van der Waals surface area contributed by atoms with Crippen LogP contribution in [0.2, 0.25) is 0 Å². The van der Waals surface area contributed by atoms with Crippen LogP contribution in [0.4, 0.5) is 0 Å². The molecule has 0 spiro atoms. The van der Waals surface area contributed by atoms with Crippen LogP contribution in [0.5, 0.6) is 0 Å². The fraction of sp³-hybridized carbons (Fsp3) is 0.900. The van der Waals surface area contributed by atoms with Gasteiger partial charge in [-0.1, -0.05) is 19.3 Å². The molecule has 2 atom stereocenters. The van der Waals surface area contributed by atoms with Crippen molar-refractivity contribution in [3.8, 4) is 0 Å². The van der Waals surface area contributed by atoms with Gasteiger partial charge in [0.25, 0.3) is 0 Å². The fourth-order valence-corrected chi connectivity index (χ4v) is 1.72. The minimum atomic E-state index is -1.04. The number of rotatable bonds is 4. The van der Waals surface area contributed by atoms with E-state index in [1.807, 2.05) is 0 Å². The Morgan fingerprint density at radius 3 is 2.46 bits per heavy atom. The van der Waals surface area contributed by atoms with Gasteiger partial charge in [-0.3, -0.25) is 4.79 Å². The molecule has 1 rings (SSSR count). The molecule has 1 aliphatic rings. The number of carboxylic acid groups (broad SMARTS) is 1. The van der Waals surface area contributed by atoms with Crippen molar-refractivity contribution in [2.24, 2.45) is 11.8 Å². The lowest BCUT2D eigenvalue weighted by molar-refractivity contribution is -0.151. The topological polar surface area (TPSA) is 57.5 Å². The number of hydrogen-bond acceptors (Lipinski definition) is 2. The second-order valence-corrected chi connectivity index (χ2v) is 4.42. The van der Waals surface area contributed by atoms with Crippen molar-refractivity contribution in [1.82, 2.24) is 0 Å². The first-order valence-electron chi connectivity index (χ1n) is 4.88. The Kier molecular flexibility index (Phi) is 2.96. The molecule has 3 nitrogen and oxygen atoms in total. The molecule has 1 aliphatic carbocycles. The standard InChI is InChI=1S/C10H18O3/c1-7(9(11)12)10(2,13)6-8-4-3-5-8/h7-8,13H,3-6H2,1-2H3,(H,11,12). The molecule has 0 aromatic carbocycles. The van der Waals surface area contributed by atoms with Crippen molar-refractivity contribution < 1.29 is 15.0 Å². The summed E-state index contributed by atoms with van der Waals surface area (Å²) >= 11 is 0. The van der Waals surface area contributed by atoms with E-state index in [0.29, 0.717) is 12.3 Å². The van der Waals surface area contributed by atoms with Crippen molar-refractivity contribution in [2.75, 3.05) is 0 Å². The minimum absolute atomic E-state index is 0.539. The second-order valence-electron chi connectivity index (χ2n) is 4.42. The maximum atomic E-state index is 10.7. The molecule has 2 N–H and O–H groups in total. The van der Waals surface area contributed by atoms with E-state index >= 15 is 0 Å². The van der Waals surface area contributed by atoms with Gasteiger partial charge >= 0.3 is 5.97 Å². The molecular formula is C10H18O3. The third-order valence-corrected chi connectivity index (χ3v) is 3.23. The Labute approximate surface area is 78.8 Å². The fourth-order valence-electron chi connectivity index (χ4n) is 1.72. The molecule has 13 heavy (non-hydrogen) atoms. The zero-order chi connectivity index (χ0) is 10.1. The van der Waals surface area contributed by atoms with Gasteiger partial charge in [0.1, 0.15) is 0 Å². The number of hydrogen-bond donors (Lipinski definition) is 2. The summed E-state index contributed by atoms with van der Waals surface area (Å²) in [6.45, 7) is 3.20. The molecule has 2 unspecified atom stereocenters. The highest BCUT2D eigenvalue weighted by Crippen LogP contribution is 2.36. The lowest BCUT2D eigenvalue weighted by Crippen LogP contribution is -2.40. The summed E-state index contributed by atoms with van der Waals surface area (Å²) in [5.41, 5.74) is -1.04. The summed E-state index contributed by atoms with van der Waals surface area (Å²) in [7, 11) is 0. The van der Waals surface area contributed by atoms with E-state index < -0.39 is 17.5 Å². The molecule has 3 heteroatoms. The van der Waals surface area contributed by atoms with Crippen molar-refractivity contribution in [2.45, 2.75) is 45.1 Å². The lowest BCUT2D eigenvalue weighted by Gasteiger charge is -2.35. The van der Waals surface area contributed by atoms with Gasteiger partial charge < -0.3 is 10.2 Å². The van der Waals surface area contributed by atoms with Gasteiger partial charge in [0.2, 0.25) is 0 Å². The largest absolute Gasteiger partial charge is 0.481 e. The molecule has 0 aromatic rings. The summed E-state index contributed by atoms with van der Waals surface area (Å²) in [5.74, 6) is -1.05. The molecule has 1 fully saturated rings. The van der Waals surface area contributed by atoms with E-state index in [4.69, 9.17) is 5.11 Å². The van der Waals surface area contributed by atoms with Crippen LogP contribution in [0.15, 0.2) is 0 Å². The molecule has 1 saturated carbocycles. The van der Waals surface area contributed by atoms with Crippen LogP contribution in [0.1, 0.15) is 39.5 Å². The molecule has 0 bridgehead atoms. The monoisotopic (exact) mass is 186 g/mol. The maximum Gasteiger partial charge on any atom is 0.309 e. The number of aliphatic hydroxyl groups is 1. The van der Waals surface area contributed by atoms with Gasteiger partial charge in [0.05, 0.1) is 11.5 Å². The van der Waals surface area contributed by atoms with Crippen molar-refractivity contribution in [1.29, 1.82) is 0 Å². The number of carboxylic acids is 1. The zero-order valence-corrected chi connectivity index (χ0v) is 8.29. The van der Waals surface area contributed by atoms with Gasteiger partial charge in [-0.2, -0.15) is 0 Å². The van der Waals surface area contributed by atoms with E-state index in [2.05, 4.69) is 0 Å². The summed E-state index contributed by atoms with van der Waals surface area (Å²) < 4.78 is 0. The zero-order valence-electron chi connectivity index (χ0n) is 8.29. The number of carbonyl (C=O) groups is 1. The Bertz CT molecular complexity index is 194. The summed E-state index contributed by atoms with van der Waals surface area (Å²) in [6.07, 6.45) is 4.13. The van der Waals surface area contributed by atoms with Crippen LogP contribution in [-0.4, -0.2) is 21.8 Å². The minimum Gasteiger partial charge on any atom is -0.481 e. The lowest BCUT2D eigenvalue weighted by atomic mass is 9.74. The van der Waals surface area contributed by atoms with Crippen LogP contribution in [-0.2, 0) is 4.79 Å². The van der Waals surface area contributed by atoms with Gasteiger partial charge in [-0.15, -0.1) is 0 Å². The summed E-state index contributed by atoms with van der Waals surface area (Å²) in [5, 5.41) is 18.7. The molecule has 0 radical (unpaired) electrons. The van der Waals surface area contributed by atoms with E-state index in [0.717, 1.165) is 12.8 Å². The highest BCUT2D eigenvalue weighted by Gasteiger charge is 2.37. The van der Waals surface area contributed by atoms with Gasteiger partial charge in [-0.05, 0) is 26.2 Å². The molecule has 0 aliphatic heterocycles. The third kappa shape index (κ3) is 2.44. The molecule has 0 amide bonds. The summed E-state index contributed by atoms with van der Waals surface area (Å²) in [6, 6.07) is 0. The SMILES string of the molecule is CC(C(=O)O)C(C)(O)CC1CCC1. The predicted octanol–water partition coefficient (Wildman–Crippen LogP) is 1.65. The van der Waals surface area contributed by atoms with Gasteiger partial charge in [-0.25, -0.2) is 0 Å². The Balaban J connectivity index is 2.47. The first kappa shape index (κ1) is 10.5. The average Bonchev–Trinajstić information content (AvgIpc) is 1.95. The van der Waals surface area contributed by atoms with Crippen LogP contribution in [0.25, 0.3) is 0 Å². The first-order chi connectivity index (χ1) is 5.93. The third-order valence-electron chi connectivity index (χ3n) is 3.23. The Morgan fingerprint density at radius 2 is 2.15 bits per heavy atom.